The van der Waals surface area contributed by atoms with E-state index in [1.54, 1.807) is 30.6 Å². The minimum absolute atomic E-state index is 0.239. The maximum Gasteiger partial charge on any atom is 0.259 e. The molecule has 4 heterocycles. The molecule has 0 atom stereocenters. The van der Waals surface area contributed by atoms with Gasteiger partial charge >= 0.3 is 0 Å². The zero-order valence-corrected chi connectivity index (χ0v) is 16.8. The molecule has 30 heavy (non-hydrogen) atoms. The Hall–Kier alpha value is -3.78. The lowest BCUT2D eigenvalue weighted by Gasteiger charge is -2.07. The third-order valence-corrected chi connectivity index (χ3v) is 5.50. The molecule has 0 bridgehead atoms. The zero-order valence-electron chi connectivity index (χ0n) is 16.0. The summed E-state index contributed by atoms with van der Waals surface area (Å²) in [5, 5.41) is 9.45. The first kappa shape index (κ1) is 18.3. The zero-order chi connectivity index (χ0) is 20.5. The number of thiophene rings is 1. The van der Waals surface area contributed by atoms with Crippen LogP contribution < -0.4 is 5.32 Å². The van der Waals surface area contributed by atoms with Crippen LogP contribution in [0.4, 0.5) is 0 Å². The molecule has 4 aromatic heterocycles. The summed E-state index contributed by atoms with van der Waals surface area (Å²) < 4.78 is 10.9. The number of rotatable bonds is 5. The van der Waals surface area contributed by atoms with Crippen molar-refractivity contribution >= 4 is 28.3 Å². The van der Waals surface area contributed by atoms with Gasteiger partial charge in [0.25, 0.3) is 11.6 Å². The van der Waals surface area contributed by atoms with E-state index in [4.69, 9.17) is 8.94 Å². The third kappa shape index (κ3) is 3.37. The Bertz CT molecular complexity index is 1320. The van der Waals surface area contributed by atoms with Crippen molar-refractivity contribution in [1.29, 1.82) is 0 Å². The van der Waals surface area contributed by atoms with Crippen LogP contribution in [-0.4, -0.2) is 21.0 Å². The van der Waals surface area contributed by atoms with Gasteiger partial charge in [0.2, 0.25) is 5.89 Å². The van der Waals surface area contributed by atoms with E-state index < -0.39 is 0 Å². The second-order valence-electron chi connectivity index (χ2n) is 6.67. The number of oxazole rings is 1. The number of fused-ring (bicyclic) bond motifs is 1. The van der Waals surface area contributed by atoms with Crippen LogP contribution in [0.3, 0.4) is 0 Å². The minimum atomic E-state index is -0.258. The Morgan fingerprint density at radius 2 is 2.00 bits per heavy atom. The van der Waals surface area contributed by atoms with E-state index in [0.29, 0.717) is 39.6 Å². The molecule has 0 spiro atoms. The van der Waals surface area contributed by atoms with Crippen LogP contribution in [0.25, 0.3) is 33.1 Å². The minimum Gasteiger partial charge on any atom is -0.443 e. The molecule has 0 saturated heterocycles. The van der Waals surface area contributed by atoms with Crippen molar-refractivity contribution in [2.75, 3.05) is 0 Å². The van der Waals surface area contributed by atoms with E-state index >= 15 is 0 Å². The number of nitrogens with zero attached hydrogens (tertiary/aromatic N) is 3. The smallest absolute Gasteiger partial charge is 0.259 e. The van der Waals surface area contributed by atoms with E-state index in [1.807, 2.05) is 47.8 Å². The van der Waals surface area contributed by atoms with Crippen LogP contribution in [-0.2, 0) is 6.54 Å². The van der Waals surface area contributed by atoms with Crippen molar-refractivity contribution in [3.8, 4) is 22.0 Å². The monoisotopic (exact) mass is 416 g/mol. The Morgan fingerprint density at radius 1 is 1.13 bits per heavy atom. The highest BCUT2D eigenvalue weighted by Gasteiger charge is 2.19. The summed E-state index contributed by atoms with van der Waals surface area (Å²) in [5.41, 5.74) is 3.58. The number of hydrogen-bond acceptors (Lipinski definition) is 7. The standard InChI is InChI=1S/C22H16N4O3S/c1-13-19-16(10-17(25-22(19)29-26-13)14-6-3-2-4-7-14)20(27)23-11-15-12-28-21(24-15)18-8-5-9-30-18/h2-10,12H,11H2,1H3,(H,23,27). The molecule has 1 N–H and O–H groups in total. The molecule has 0 aliphatic heterocycles. The van der Waals surface area contributed by atoms with Gasteiger partial charge in [-0.05, 0) is 24.4 Å². The predicted octanol–water partition coefficient (Wildman–Crippen LogP) is 4.84. The molecule has 5 rings (SSSR count). The average Bonchev–Trinajstić information content (AvgIpc) is 3.53. The third-order valence-electron chi connectivity index (χ3n) is 4.65. The second-order valence-corrected chi connectivity index (χ2v) is 7.62. The Kier molecular flexibility index (Phi) is 4.61. The molecule has 0 fully saturated rings. The Morgan fingerprint density at radius 3 is 2.80 bits per heavy atom. The summed E-state index contributed by atoms with van der Waals surface area (Å²) in [6.07, 6.45) is 1.55. The quantitative estimate of drug-likeness (QED) is 0.440. The van der Waals surface area contributed by atoms with Gasteiger partial charge in [0, 0.05) is 5.56 Å². The van der Waals surface area contributed by atoms with E-state index in [0.717, 1.165) is 10.4 Å². The number of aryl methyl sites for hydroxylation is 1. The number of hydrogen-bond donors (Lipinski definition) is 1. The lowest BCUT2D eigenvalue weighted by molar-refractivity contribution is 0.0952. The summed E-state index contributed by atoms with van der Waals surface area (Å²) in [7, 11) is 0. The van der Waals surface area contributed by atoms with E-state index in [2.05, 4.69) is 20.4 Å². The van der Waals surface area contributed by atoms with Gasteiger partial charge in [-0.25, -0.2) is 9.97 Å². The van der Waals surface area contributed by atoms with Gasteiger partial charge in [0.05, 0.1) is 39.5 Å². The maximum atomic E-state index is 13.0. The number of aromatic nitrogens is 3. The summed E-state index contributed by atoms with van der Waals surface area (Å²) in [5.74, 6) is 0.286. The lowest BCUT2D eigenvalue weighted by Crippen LogP contribution is -2.23. The van der Waals surface area contributed by atoms with Crippen LogP contribution in [0, 0.1) is 6.92 Å². The Balaban J connectivity index is 1.43. The molecule has 0 unspecified atom stereocenters. The Labute approximate surface area is 175 Å². The molecule has 5 aromatic rings. The molecule has 148 valence electrons. The maximum absolute atomic E-state index is 13.0. The number of nitrogens with one attached hydrogen (secondary N) is 1. The molecule has 0 radical (unpaired) electrons. The fourth-order valence-corrected chi connectivity index (χ4v) is 3.85. The van der Waals surface area contributed by atoms with E-state index in [-0.39, 0.29) is 12.5 Å². The fourth-order valence-electron chi connectivity index (χ4n) is 3.20. The molecule has 7 nitrogen and oxygen atoms in total. The first-order chi connectivity index (χ1) is 14.7. The van der Waals surface area contributed by atoms with Crippen LogP contribution in [0.2, 0.25) is 0 Å². The van der Waals surface area contributed by atoms with Crippen molar-refractivity contribution in [2.45, 2.75) is 13.5 Å². The predicted molar refractivity (Wildman–Crippen MR) is 113 cm³/mol. The van der Waals surface area contributed by atoms with Crippen LogP contribution >= 0.6 is 11.3 Å². The van der Waals surface area contributed by atoms with Crippen LogP contribution in [0.1, 0.15) is 21.7 Å². The summed E-state index contributed by atoms with van der Waals surface area (Å²) in [4.78, 5) is 22.9. The molecule has 0 aliphatic rings. The number of amides is 1. The normalized spacial score (nSPS) is 11.1. The van der Waals surface area contributed by atoms with Crippen molar-refractivity contribution in [3.05, 3.63) is 77.1 Å². The number of carbonyl (C=O) groups excluding carboxylic acids is 1. The highest BCUT2D eigenvalue weighted by atomic mass is 32.1. The largest absolute Gasteiger partial charge is 0.443 e. The van der Waals surface area contributed by atoms with Crippen LogP contribution in [0.5, 0.6) is 0 Å². The van der Waals surface area contributed by atoms with Crippen molar-refractivity contribution in [1.82, 2.24) is 20.4 Å². The topological polar surface area (TPSA) is 94.0 Å². The summed E-state index contributed by atoms with van der Waals surface area (Å²) in [6.45, 7) is 2.03. The van der Waals surface area contributed by atoms with Gasteiger partial charge in [0.1, 0.15) is 6.26 Å². The number of carbonyl (C=O) groups is 1. The fraction of sp³-hybridized carbons (Fsp3) is 0.0909. The number of benzene rings is 1. The van der Waals surface area contributed by atoms with Crippen molar-refractivity contribution in [3.63, 3.8) is 0 Å². The molecule has 8 heteroatoms. The first-order valence-electron chi connectivity index (χ1n) is 9.28. The molecular formula is C22H16N4O3S. The van der Waals surface area contributed by atoms with Crippen molar-refractivity contribution in [2.24, 2.45) is 0 Å². The summed E-state index contributed by atoms with van der Waals surface area (Å²) >= 11 is 1.55. The van der Waals surface area contributed by atoms with Gasteiger partial charge in [-0.1, -0.05) is 41.6 Å². The molecule has 1 amide bonds. The van der Waals surface area contributed by atoms with Gasteiger partial charge in [-0.2, -0.15) is 0 Å². The van der Waals surface area contributed by atoms with Crippen molar-refractivity contribution < 1.29 is 13.7 Å². The SMILES string of the molecule is Cc1noc2nc(-c3ccccc3)cc(C(=O)NCc3coc(-c4cccs4)n3)c12. The van der Waals surface area contributed by atoms with E-state index in [9.17, 15) is 4.79 Å². The van der Waals surface area contributed by atoms with E-state index in [1.165, 1.54) is 0 Å². The second kappa shape index (κ2) is 7.57. The van der Waals surface area contributed by atoms with Gasteiger partial charge < -0.3 is 14.3 Å². The molecule has 0 saturated carbocycles. The van der Waals surface area contributed by atoms with Crippen LogP contribution in [0.15, 0.2) is 69.1 Å². The molecule has 1 aromatic carbocycles. The van der Waals surface area contributed by atoms with Gasteiger partial charge in [-0.15, -0.1) is 11.3 Å². The highest BCUT2D eigenvalue weighted by Crippen LogP contribution is 2.27. The highest BCUT2D eigenvalue weighted by molar-refractivity contribution is 7.13. The molecular weight excluding hydrogens is 400 g/mol. The van der Waals surface area contributed by atoms with Gasteiger partial charge in [-0.3, -0.25) is 4.79 Å². The first-order valence-corrected chi connectivity index (χ1v) is 10.2. The average molecular weight is 416 g/mol. The molecule has 0 aliphatic carbocycles. The van der Waals surface area contributed by atoms with Gasteiger partial charge in [0.15, 0.2) is 0 Å². The summed E-state index contributed by atoms with van der Waals surface area (Å²) in [6, 6.07) is 15.3. The lowest BCUT2D eigenvalue weighted by atomic mass is 10.1. The number of pyridine rings is 1.